The van der Waals surface area contributed by atoms with E-state index in [1.54, 1.807) is 0 Å². The molecule has 0 bridgehead atoms. The molecule has 1 atom stereocenters. The number of amides is 1. The smallest absolute Gasteiger partial charge is 0.379 e. The number of nitro benzene ring substituents is 1. The van der Waals surface area contributed by atoms with E-state index >= 15 is 0 Å². The summed E-state index contributed by atoms with van der Waals surface area (Å²) >= 11 is 0.578. The van der Waals surface area contributed by atoms with E-state index in [4.69, 9.17) is 0 Å². The summed E-state index contributed by atoms with van der Waals surface area (Å²) in [6.45, 7) is 0.900. The van der Waals surface area contributed by atoms with Crippen molar-refractivity contribution in [2.24, 2.45) is 0 Å². The Morgan fingerprint density at radius 3 is 2.09 bits per heavy atom. The molecule has 0 heterocycles. The maximum atomic E-state index is 13.2. The minimum absolute atomic E-state index is 0.0417. The van der Waals surface area contributed by atoms with E-state index in [0.29, 0.717) is 36.0 Å². The van der Waals surface area contributed by atoms with Crippen LogP contribution in [0.4, 0.5) is 44.0 Å². The van der Waals surface area contributed by atoms with Gasteiger partial charge in [-0.3, -0.25) is 14.9 Å². The van der Waals surface area contributed by atoms with E-state index in [1.807, 2.05) is 5.32 Å². The lowest BCUT2D eigenvalue weighted by molar-refractivity contribution is -0.385. The van der Waals surface area contributed by atoms with Gasteiger partial charge in [-0.15, -0.1) is 11.8 Å². The third-order valence-corrected chi connectivity index (χ3v) is 6.52. The fourth-order valence-corrected chi connectivity index (χ4v) is 3.89. The molecule has 0 aliphatic heterocycles. The summed E-state index contributed by atoms with van der Waals surface area (Å²) in [5.74, 6) is -1.93. The summed E-state index contributed by atoms with van der Waals surface area (Å²) in [6.07, 6.45) is -5.08. The number of nitrogens with zero attached hydrogens (tertiary/aromatic N) is 1. The van der Waals surface area contributed by atoms with Crippen LogP contribution in [0, 0.1) is 10.1 Å². The van der Waals surface area contributed by atoms with E-state index in [1.165, 1.54) is 0 Å². The first-order valence-corrected chi connectivity index (χ1v) is 11.4. The van der Waals surface area contributed by atoms with Gasteiger partial charge in [0.25, 0.3) is 11.6 Å². The molecule has 0 saturated heterocycles. The van der Waals surface area contributed by atoms with Gasteiger partial charge in [-0.05, 0) is 37.3 Å². The van der Waals surface area contributed by atoms with Crippen LogP contribution in [0.2, 0.25) is 0 Å². The zero-order valence-electron chi connectivity index (χ0n) is 16.2. The van der Waals surface area contributed by atoms with Gasteiger partial charge in [0.2, 0.25) is 0 Å². The molecule has 1 unspecified atom stereocenters. The Balaban J connectivity index is 2.17. The summed E-state index contributed by atoms with van der Waals surface area (Å²) < 4.78 is 103. The van der Waals surface area contributed by atoms with Gasteiger partial charge in [0.15, 0.2) is 0 Å². The quantitative estimate of drug-likeness (QED) is 0.180. The zero-order chi connectivity index (χ0) is 25.5. The molecule has 6 nitrogen and oxygen atoms in total. The number of rotatable bonds is 7. The number of carbonyl (C=O) groups is 1. The molecule has 33 heavy (non-hydrogen) atoms. The van der Waals surface area contributed by atoms with Crippen LogP contribution < -0.4 is 5.32 Å². The van der Waals surface area contributed by atoms with Crippen molar-refractivity contribution < 1.29 is 47.4 Å². The molecule has 0 fully saturated rings. The molecule has 2 aromatic rings. The Hall–Kier alpha value is -2.59. The normalized spacial score (nSPS) is 16.3. The second kappa shape index (κ2) is 7.73. The summed E-state index contributed by atoms with van der Waals surface area (Å²) in [5, 5.41) is 22.8. The Morgan fingerprint density at radius 2 is 1.64 bits per heavy atom. The predicted octanol–water partition coefficient (Wildman–Crippen LogP) is 6.75. The zero-order valence-corrected chi connectivity index (χ0v) is 17.8. The monoisotopic (exact) mass is 526 g/mol. The molecule has 2 N–H and O–H groups in total. The van der Waals surface area contributed by atoms with Crippen molar-refractivity contribution in [3.63, 3.8) is 0 Å². The van der Waals surface area contributed by atoms with Crippen LogP contribution in [-0.2, 0) is 11.0 Å². The van der Waals surface area contributed by atoms with E-state index in [9.17, 15) is 52.6 Å². The van der Waals surface area contributed by atoms with Crippen molar-refractivity contribution in [2.45, 2.75) is 28.5 Å². The fraction of sp³-hybridized carbons (Fsp3) is 0.235. The van der Waals surface area contributed by atoms with Crippen LogP contribution in [0.25, 0.3) is 0 Å². The highest BCUT2D eigenvalue weighted by Gasteiger charge is 2.65. The van der Waals surface area contributed by atoms with Gasteiger partial charge in [-0.25, -0.2) is 0 Å². The molecule has 0 spiro atoms. The topological polar surface area (TPSA) is 92.5 Å². The van der Waals surface area contributed by atoms with Crippen molar-refractivity contribution in [3.05, 3.63) is 58.1 Å². The summed E-state index contributed by atoms with van der Waals surface area (Å²) in [6, 6.07) is 3.15. The number of nitrogens with one attached hydrogen (secondary N) is 1. The molecule has 0 aliphatic carbocycles. The number of halogens is 8. The fourth-order valence-electron chi connectivity index (χ4n) is 2.33. The first-order valence-electron chi connectivity index (χ1n) is 8.46. The van der Waals surface area contributed by atoms with Crippen molar-refractivity contribution in [1.82, 2.24) is 0 Å². The first-order chi connectivity index (χ1) is 14.6. The second-order valence-corrected chi connectivity index (χ2v) is 10.4. The number of aliphatic hydroxyl groups is 1. The van der Waals surface area contributed by atoms with E-state index in [-0.39, 0.29) is 23.1 Å². The molecule has 0 aromatic heterocycles. The summed E-state index contributed by atoms with van der Waals surface area (Å²) in [7, 11) is -9.88. The molecule has 2 aromatic carbocycles. The average molecular weight is 526 g/mol. The molecule has 1 amide bonds. The maximum Gasteiger partial charge on any atom is 0.418 e. The summed E-state index contributed by atoms with van der Waals surface area (Å²) in [4.78, 5) is 19.8. The summed E-state index contributed by atoms with van der Waals surface area (Å²) in [5.41, 5.74) is -5.67. The number of non-ortho nitro benzene ring substituents is 1. The van der Waals surface area contributed by atoms with Crippen molar-refractivity contribution in [3.8, 4) is 0 Å². The van der Waals surface area contributed by atoms with Gasteiger partial charge >= 0.3 is 16.4 Å². The van der Waals surface area contributed by atoms with Crippen molar-refractivity contribution >= 4 is 39.3 Å². The molecule has 184 valence electrons. The molecule has 0 aliphatic rings. The number of hydrogen-bond acceptors (Lipinski definition) is 5. The van der Waals surface area contributed by atoms with Crippen molar-refractivity contribution in [2.75, 3.05) is 11.1 Å². The number of hydrogen-bond donors (Lipinski definition) is 2. The Labute approximate surface area is 184 Å². The van der Waals surface area contributed by atoms with Crippen LogP contribution in [0.5, 0.6) is 0 Å². The van der Waals surface area contributed by atoms with E-state index < -0.39 is 60.4 Å². The van der Waals surface area contributed by atoms with Gasteiger partial charge in [0.05, 0.1) is 16.2 Å². The number of thioether (sulfide) groups is 1. The number of carbonyl (C=O) groups excluding carboxylic acids is 1. The minimum Gasteiger partial charge on any atom is -0.379 e. The van der Waals surface area contributed by atoms with E-state index in [2.05, 4.69) is 0 Å². The van der Waals surface area contributed by atoms with Gasteiger partial charge in [0.1, 0.15) is 10.5 Å². The molecular weight excluding hydrogens is 512 g/mol. The van der Waals surface area contributed by atoms with Crippen LogP contribution in [0.1, 0.15) is 12.5 Å². The molecule has 0 radical (unpaired) electrons. The van der Waals surface area contributed by atoms with Crippen LogP contribution >= 0.6 is 22.0 Å². The minimum atomic E-state index is -9.88. The van der Waals surface area contributed by atoms with Crippen LogP contribution in [0.3, 0.4) is 0 Å². The van der Waals surface area contributed by atoms with Gasteiger partial charge < -0.3 is 10.4 Å². The lowest BCUT2D eigenvalue weighted by atomic mass is 10.1. The predicted molar refractivity (Wildman–Crippen MR) is 106 cm³/mol. The third-order valence-electron chi connectivity index (χ3n) is 4.05. The lowest BCUT2D eigenvalue weighted by Gasteiger charge is -2.40. The lowest BCUT2D eigenvalue weighted by Crippen LogP contribution is -2.42. The number of anilines is 1. The number of alkyl halides is 3. The van der Waals surface area contributed by atoms with Gasteiger partial charge in [0, 0.05) is 22.8 Å². The van der Waals surface area contributed by atoms with Crippen molar-refractivity contribution in [1.29, 1.82) is 0 Å². The Morgan fingerprint density at radius 1 is 1.09 bits per heavy atom. The average Bonchev–Trinajstić information content (AvgIpc) is 2.64. The standard InChI is InChI=1S/C17H14F8N2O4S2/c1-16(29,9-32-11-3-5-12(6-4-11)33(21,22,23,24)25)15(28)26-14-7-2-10(27(30)31)8-13(14)17(18,19)20/h2-8,29H,9H2,1H3,(H,26,28). The molecular formula is C17H14F8N2O4S2. The Kier molecular flexibility index (Phi) is 6.25. The maximum absolute atomic E-state index is 13.2. The van der Waals surface area contributed by atoms with Crippen LogP contribution in [-0.4, -0.2) is 27.3 Å². The Bertz CT molecular complexity index is 1090. The second-order valence-electron chi connectivity index (χ2n) is 6.94. The molecule has 16 heteroatoms. The van der Waals surface area contributed by atoms with E-state index in [0.717, 1.165) is 6.92 Å². The number of nitro groups is 1. The first kappa shape index (κ1) is 26.7. The molecule has 0 saturated carbocycles. The third kappa shape index (κ3) is 6.94. The highest BCUT2D eigenvalue weighted by Crippen LogP contribution is 3.02. The SMILES string of the molecule is CC(O)(CSc1ccc(S(F)(F)(F)(F)F)cc1)C(=O)Nc1ccc([N+](=O)[O-])cc1C(F)(F)F. The number of benzene rings is 2. The highest BCUT2D eigenvalue weighted by molar-refractivity contribution is 8.45. The van der Waals surface area contributed by atoms with Crippen LogP contribution in [0.15, 0.2) is 52.3 Å². The molecule has 2 rings (SSSR count). The van der Waals surface area contributed by atoms with Gasteiger partial charge in [-0.1, -0.05) is 19.4 Å². The van der Waals surface area contributed by atoms with Gasteiger partial charge in [-0.2, -0.15) is 13.2 Å². The highest BCUT2D eigenvalue weighted by atomic mass is 32.5. The largest absolute Gasteiger partial charge is 0.418 e.